The van der Waals surface area contributed by atoms with Crippen LogP contribution in [0.5, 0.6) is 0 Å². The first-order valence-corrected chi connectivity index (χ1v) is 6.34. The molecule has 18 heavy (non-hydrogen) atoms. The summed E-state index contributed by atoms with van der Waals surface area (Å²) in [5.74, 6) is 0.377. The molecule has 2 unspecified atom stereocenters. The van der Waals surface area contributed by atoms with Crippen molar-refractivity contribution in [1.29, 1.82) is 0 Å². The molecule has 0 heterocycles. The Morgan fingerprint density at radius 2 is 1.89 bits per heavy atom. The van der Waals surface area contributed by atoms with Crippen LogP contribution in [0.1, 0.15) is 41.3 Å². The monoisotopic (exact) mass is 249 g/mol. The number of benzene rings is 1. The van der Waals surface area contributed by atoms with Crippen LogP contribution in [-0.4, -0.2) is 28.6 Å². The van der Waals surface area contributed by atoms with Gasteiger partial charge in [-0.3, -0.25) is 4.79 Å². The fraction of sp³-hybridized carbons (Fsp3) is 0.500. The third-order valence-electron chi connectivity index (χ3n) is 3.31. The number of carbonyl (C=O) groups is 1. The number of rotatable bonds is 6. The maximum Gasteiger partial charge on any atom is 0.165 e. The Balaban J connectivity index is 2.04. The summed E-state index contributed by atoms with van der Waals surface area (Å²) >= 11 is 0. The number of Topliss-reactive ketones (excluding diaryl/α,β-unsaturated/α-hetero) is 1. The molecule has 0 amide bonds. The lowest BCUT2D eigenvalue weighted by atomic mass is 9.99. The van der Waals surface area contributed by atoms with E-state index in [-0.39, 0.29) is 11.7 Å². The zero-order valence-corrected chi connectivity index (χ0v) is 10.2. The quantitative estimate of drug-likeness (QED) is 0.657. The second-order valence-electron chi connectivity index (χ2n) is 4.85. The van der Waals surface area contributed by atoms with Gasteiger partial charge in [0.1, 0.15) is 6.10 Å². The third-order valence-corrected chi connectivity index (χ3v) is 3.31. The first kappa shape index (κ1) is 13.2. The molecule has 1 aromatic carbocycles. The standard InChI is InChI=1S/C14H19NO3/c15-8-7-12(16)14(18)11-5-3-10(4-6-11)13(17)9-1-2-9/h3-6,9,12,14,16,18H,1-2,7-8,15H2. The molecule has 2 rings (SSSR count). The Hall–Kier alpha value is -1.23. The molecule has 1 fully saturated rings. The minimum atomic E-state index is -0.946. The Kier molecular flexibility index (Phi) is 4.11. The molecule has 4 nitrogen and oxygen atoms in total. The average molecular weight is 249 g/mol. The maximum absolute atomic E-state index is 11.8. The summed E-state index contributed by atoms with van der Waals surface area (Å²) in [4.78, 5) is 11.8. The predicted molar refractivity (Wildman–Crippen MR) is 68.1 cm³/mol. The zero-order chi connectivity index (χ0) is 13.1. The largest absolute Gasteiger partial charge is 0.390 e. The highest BCUT2D eigenvalue weighted by Crippen LogP contribution is 2.32. The first-order valence-electron chi connectivity index (χ1n) is 6.34. The molecular weight excluding hydrogens is 230 g/mol. The van der Waals surface area contributed by atoms with Gasteiger partial charge in [-0.2, -0.15) is 0 Å². The van der Waals surface area contributed by atoms with E-state index in [2.05, 4.69) is 0 Å². The van der Waals surface area contributed by atoms with E-state index in [9.17, 15) is 15.0 Å². The van der Waals surface area contributed by atoms with Crippen LogP contribution < -0.4 is 5.73 Å². The van der Waals surface area contributed by atoms with Gasteiger partial charge >= 0.3 is 0 Å². The lowest BCUT2D eigenvalue weighted by molar-refractivity contribution is 0.0150. The molecule has 0 saturated heterocycles. The Labute approximate surface area is 106 Å². The van der Waals surface area contributed by atoms with E-state index in [1.54, 1.807) is 24.3 Å². The third kappa shape index (κ3) is 2.96. The molecule has 4 heteroatoms. The van der Waals surface area contributed by atoms with Crippen LogP contribution in [0.3, 0.4) is 0 Å². The van der Waals surface area contributed by atoms with Crippen molar-refractivity contribution in [1.82, 2.24) is 0 Å². The highest BCUT2D eigenvalue weighted by molar-refractivity contribution is 5.99. The smallest absolute Gasteiger partial charge is 0.165 e. The van der Waals surface area contributed by atoms with Crippen molar-refractivity contribution >= 4 is 5.78 Å². The normalized spacial score (nSPS) is 18.4. The maximum atomic E-state index is 11.8. The predicted octanol–water partition coefficient (Wildman–Crippen LogP) is 1.02. The van der Waals surface area contributed by atoms with Gasteiger partial charge in [-0.25, -0.2) is 0 Å². The number of hydrogen-bond acceptors (Lipinski definition) is 4. The zero-order valence-electron chi connectivity index (χ0n) is 10.2. The van der Waals surface area contributed by atoms with Gasteiger partial charge in [0.05, 0.1) is 6.10 Å². The molecule has 0 radical (unpaired) electrons. The summed E-state index contributed by atoms with van der Waals surface area (Å²) in [5, 5.41) is 19.5. The van der Waals surface area contributed by atoms with Crippen molar-refractivity contribution in [2.24, 2.45) is 11.7 Å². The van der Waals surface area contributed by atoms with Gasteiger partial charge in [-0.15, -0.1) is 0 Å². The van der Waals surface area contributed by atoms with Crippen LogP contribution in [0.25, 0.3) is 0 Å². The van der Waals surface area contributed by atoms with E-state index in [4.69, 9.17) is 5.73 Å². The van der Waals surface area contributed by atoms with Gasteiger partial charge in [-0.1, -0.05) is 24.3 Å². The lowest BCUT2D eigenvalue weighted by Gasteiger charge is -2.17. The van der Waals surface area contributed by atoms with Gasteiger partial charge in [0.15, 0.2) is 5.78 Å². The molecule has 1 aliphatic rings. The number of nitrogens with two attached hydrogens (primary N) is 1. The summed E-state index contributed by atoms with van der Waals surface area (Å²) in [6, 6.07) is 6.82. The van der Waals surface area contributed by atoms with E-state index < -0.39 is 12.2 Å². The van der Waals surface area contributed by atoms with Crippen molar-refractivity contribution in [3.8, 4) is 0 Å². The summed E-state index contributed by atoms with van der Waals surface area (Å²) in [7, 11) is 0. The van der Waals surface area contributed by atoms with Crippen molar-refractivity contribution in [3.63, 3.8) is 0 Å². The van der Waals surface area contributed by atoms with Gasteiger partial charge in [0, 0.05) is 11.5 Å². The second-order valence-corrected chi connectivity index (χ2v) is 4.85. The van der Waals surface area contributed by atoms with Crippen molar-refractivity contribution in [2.75, 3.05) is 6.54 Å². The van der Waals surface area contributed by atoms with E-state index >= 15 is 0 Å². The molecule has 1 saturated carbocycles. The molecule has 98 valence electrons. The van der Waals surface area contributed by atoms with Crippen LogP contribution in [0, 0.1) is 5.92 Å². The van der Waals surface area contributed by atoms with Crippen molar-refractivity contribution in [2.45, 2.75) is 31.5 Å². The minimum Gasteiger partial charge on any atom is -0.390 e. The second kappa shape index (κ2) is 5.61. The molecule has 0 bridgehead atoms. The fourth-order valence-corrected chi connectivity index (χ4v) is 1.98. The van der Waals surface area contributed by atoms with E-state index in [0.717, 1.165) is 12.8 Å². The summed E-state index contributed by atoms with van der Waals surface area (Å²) in [5.41, 5.74) is 6.63. The number of aliphatic hydroxyl groups excluding tert-OH is 2. The Morgan fingerprint density at radius 3 is 2.39 bits per heavy atom. The van der Waals surface area contributed by atoms with E-state index in [0.29, 0.717) is 24.1 Å². The highest BCUT2D eigenvalue weighted by Gasteiger charge is 2.30. The molecule has 2 atom stereocenters. The average Bonchev–Trinajstić information content (AvgIpc) is 3.22. The van der Waals surface area contributed by atoms with Gasteiger partial charge in [0.2, 0.25) is 0 Å². The Morgan fingerprint density at radius 1 is 1.28 bits per heavy atom. The lowest BCUT2D eigenvalue weighted by Crippen LogP contribution is -2.21. The number of carbonyl (C=O) groups excluding carboxylic acids is 1. The van der Waals surface area contributed by atoms with Crippen LogP contribution in [-0.2, 0) is 0 Å². The highest BCUT2D eigenvalue weighted by atomic mass is 16.3. The summed E-state index contributed by atoms with van der Waals surface area (Å²) < 4.78 is 0. The Bertz CT molecular complexity index is 412. The SMILES string of the molecule is NCCC(O)C(O)c1ccc(C(=O)C2CC2)cc1. The number of aliphatic hydroxyl groups is 2. The van der Waals surface area contributed by atoms with E-state index in [1.807, 2.05) is 0 Å². The topological polar surface area (TPSA) is 83.6 Å². The molecular formula is C14H19NO3. The summed E-state index contributed by atoms with van der Waals surface area (Å²) in [6.45, 7) is 0.330. The van der Waals surface area contributed by atoms with Gasteiger partial charge in [0.25, 0.3) is 0 Å². The van der Waals surface area contributed by atoms with Gasteiger partial charge < -0.3 is 15.9 Å². The molecule has 4 N–H and O–H groups in total. The minimum absolute atomic E-state index is 0.179. The summed E-state index contributed by atoms with van der Waals surface area (Å²) in [6.07, 6.45) is 0.513. The molecule has 1 aromatic rings. The first-order chi connectivity index (χ1) is 8.63. The van der Waals surface area contributed by atoms with Gasteiger partial charge in [-0.05, 0) is 31.4 Å². The molecule has 0 aliphatic heterocycles. The van der Waals surface area contributed by atoms with Crippen molar-refractivity contribution < 1.29 is 15.0 Å². The van der Waals surface area contributed by atoms with E-state index in [1.165, 1.54) is 0 Å². The molecule has 0 aromatic heterocycles. The van der Waals surface area contributed by atoms with Crippen LogP contribution in [0.15, 0.2) is 24.3 Å². The molecule has 1 aliphatic carbocycles. The number of ketones is 1. The van der Waals surface area contributed by atoms with Crippen LogP contribution in [0.4, 0.5) is 0 Å². The van der Waals surface area contributed by atoms with Crippen molar-refractivity contribution in [3.05, 3.63) is 35.4 Å². The van der Waals surface area contributed by atoms with Crippen LogP contribution in [0.2, 0.25) is 0 Å². The van der Waals surface area contributed by atoms with Crippen LogP contribution >= 0.6 is 0 Å². The molecule has 0 spiro atoms. The fourth-order valence-electron chi connectivity index (χ4n) is 1.98. The number of hydrogen-bond donors (Lipinski definition) is 3.